The Balaban J connectivity index is 2.03. The summed E-state index contributed by atoms with van der Waals surface area (Å²) >= 11 is 3.35. The topological polar surface area (TPSA) is 66.8 Å². The van der Waals surface area contributed by atoms with Crippen molar-refractivity contribution in [2.75, 3.05) is 0 Å². The number of halogens is 1. The van der Waals surface area contributed by atoms with Gasteiger partial charge in [-0.25, -0.2) is 5.01 Å². The van der Waals surface area contributed by atoms with Crippen LogP contribution in [-0.4, -0.2) is 28.7 Å². The number of carbonyl (C=O) groups is 3. The van der Waals surface area contributed by atoms with Crippen molar-refractivity contribution < 1.29 is 14.4 Å². The molecule has 0 bridgehead atoms. The van der Waals surface area contributed by atoms with Gasteiger partial charge in [0.1, 0.15) is 0 Å². The maximum atomic E-state index is 13.6. The number of benzene rings is 2. The Bertz CT molecular complexity index is 1080. The first kappa shape index (κ1) is 17.5. The van der Waals surface area contributed by atoms with Crippen molar-refractivity contribution >= 4 is 39.6 Å². The van der Waals surface area contributed by atoms with E-state index < -0.39 is 23.0 Å². The fourth-order valence-electron chi connectivity index (χ4n) is 3.62. The number of amides is 1. The van der Waals surface area contributed by atoms with Crippen LogP contribution in [0, 0.1) is 0 Å². The van der Waals surface area contributed by atoms with E-state index in [-0.39, 0.29) is 5.56 Å². The fraction of sp³-hybridized carbons (Fsp3) is 0.143. The second-order valence-electron chi connectivity index (χ2n) is 6.76. The third kappa shape index (κ3) is 2.36. The van der Waals surface area contributed by atoms with Crippen molar-refractivity contribution in [3.63, 3.8) is 0 Å². The highest BCUT2D eigenvalue weighted by Crippen LogP contribution is 2.46. The number of allylic oxidation sites excluding steroid dienone is 1. The molecule has 1 atom stereocenters. The quantitative estimate of drug-likeness (QED) is 0.517. The molecule has 1 spiro atoms. The summed E-state index contributed by atoms with van der Waals surface area (Å²) in [5.74, 6) is -1.38. The molecule has 27 heavy (non-hydrogen) atoms. The van der Waals surface area contributed by atoms with Gasteiger partial charge in [0.15, 0.2) is 0 Å². The second kappa shape index (κ2) is 6.09. The van der Waals surface area contributed by atoms with E-state index in [4.69, 9.17) is 0 Å². The van der Waals surface area contributed by atoms with E-state index in [2.05, 4.69) is 21.0 Å². The van der Waals surface area contributed by atoms with Gasteiger partial charge >= 0.3 is 0 Å². The lowest BCUT2D eigenvalue weighted by Crippen LogP contribution is -2.55. The molecule has 1 aliphatic heterocycles. The molecular formula is C21H15BrN2O3. The third-order valence-electron chi connectivity index (χ3n) is 4.73. The van der Waals surface area contributed by atoms with Crippen molar-refractivity contribution in [1.82, 2.24) is 5.01 Å². The first-order chi connectivity index (χ1) is 12.9. The number of carbonyl (C=O) groups excluding carboxylic acids is 3. The lowest BCUT2D eigenvalue weighted by atomic mass is 9.80. The number of rotatable bonds is 1. The largest absolute Gasteiger partial charge is 0.290 e. The van der Waals surface area contributed by atoms with Crippen molar-refractivity contribution in [1.29, 1.82) is 0 Å². The number of fused-ring (bicyclic) bond motifs is 3. The van der Waals surface area contributed by atoms with Crippen LogP contribution in [0.3, 0.4) is 0 Å². The van der Waals surface area contributed by atoms with Gasteiger partial charge in [-0.05, 0) is 32.0 Å². The van der Waals surface area contributed by atoms with Gasteiger partial charge in [0.25, 0.3) is 5.91 Å². The van der Waals surface area contributed by atoms with Crippen molar-refractivity contribution in [3.05, 3.63) is 80.8 Å². The van der Waals surface area contributed by atoms with Gasteiger partial charge in [-0.2, -0.15) is 5.10 Å². The number of nitrogens with zero attached hydrogens (tertiary/aromatic N) is 2. The zero-order valence-corrected chi connectivity index (χ0v) is 16.3. The van der Waals surface area contributed by atoms with E-state index in [0.717, 1.165) is 10.6 Å². The van der Waals surface area contributed by atoms with Crippen LogP contribution < -0.4 is 0 Å². The first-order valence-electron chi connectivity index (χ1n) is 8.39. The van der Waals surface area contributed by atoms with Crippen LogP contribution in [0.2, 0.25) is 0 Å². The molecule has 2 aromatic carbocycles. The van der Waals surface area contributed by atoms with Gasteiger partial charge in [-0.3, -0.25) is 14.4 Å². The van der Waals surface area contributed by atoms with Gasteiger partial charge in [0.05, 0.1) is 6.21 Å². The number of Topliss-reactive ketones (excluding diaryl/α,β-unsaturated/α-hetero) is 2. The molecule has 0 radical (unpaired) electrons. The molecule has 1 amide bonds. The van der Waals surface area contributed by atoms with Crippen LogP contribution in [0.1, 0.15) is 45.7 Å². The van der Waals surface area contributed by atoms with Crippen LogP contribution in [0.4, 0.5) is 0 Å². The van der Waals surface area contributed by atoms with Gasteiger partial charge in [-0.15, -0.1) is 0 Å². The minimum atomic E-state index is -1.81. The zero-order valence-electron chi connectivity index (χ0n) is 14.7. The summed E-state index contributed by atoms with van der Waals surface area (Å²) in [5, 5.41) is 5.25. The molecule has 2 aliphatic rings. The molecule has 2 aromatic rings. The Kier molecular flexibility index (Phi) is 3.96. The Labute approximate surface area is 164 Å². The van der Waals surface area contributed by atoms with E-state index in [9.17, 15) is 14.4 Å². The van der Waals surface area contributed by atoms with Crippen LogP contribution >= 0.6 is 15.9 Å². The summed E-state index contributed by atoms with van der Waals surface area (Å²) < 4.78 is 0.689. The Morgan fingerprint density at radius 3 is 2.52 bits per heavy atom. The van der Waals surface area contributed by atoms with Gasteiger partial charge in [0.2, 0.25) is 17.1 Å². The molecule has 5 nitrogen and oxygen atoms in total. The summed E-state index contributed by atoms with van der Waals surface area (Å²) in [5.41, 5.74) is 0.645. The van der Waals surface area contributed by atoms with Crippen molar-refractivity contribution in [2.24, 2.45) is 5.10 Å². The van der Waals surface area contributed by atoms with E-state index in [1.165, 1.54) is 12.3 Å². The second-order valence-corrected chi connectivity index (χ2v) is 7.68. The predicted octanol–water partition coefficient (Wildman–Crippen LogP) is 3.87. The standard InChI is InChI=1S/C21H15BrN2O3/c1-12(2)9-18(25)24-21(17-6-4-3-5-13(17)11-23-24)19(26)15-8-7-14(22)10-16(15)20(21)27/h3-11H,1-2H3. The van der Waals surface area contributed by atoms with E-state index >= 15 is 0 Å². The predicted molar refractivity (Wildman–Crippen MR) is 105 cm³/mol. The first-order valence-corrected chi connectivity index (χ1v) is 9.18. The highest BCUT2D eigenvalue weighted by molar-refractivity contribution is 9.10. The van der Waals surface area contributed by atoms with Crippen LogP contribution in [0.15, 0.2) is 63.7 Å². The summed E-state index contributed by atoms with van der Waals surface area (Å²) in [4.78, 5) is 40.0. The number of hydrogen-bond acceptors (Lipinski definition) is 4. The molecule has 1 unspecified atom stereocenters. The number of ketones is 2. The molecule has 0 aromatic heterocycles. The van der Waals surface area contributed by atoms with Crippen LogP contribution in [-0.2, 0) is 10.3 Å². The summed E-state index contributed by atoms with van der Waals surface area (Å²) in [7, 11) is 0. The highest BCUT2D eigenvalue weighted by atomic mass is 79.9. The maximum absolute atomic E-state index is 13.6. The minimum Gasteiger partial charge on any atom is -0.290 e. The Morgan fingerprint density at radius 1 is 1.07 bits per heavy atom. The number of hydrogen-bond donors (Lipinski definition) is 0. The van der Waals surface area contributed by atoms with Crippen LogP contribution in [0.5, 0.6) is 0 Å². The molecule has 4 rings (SSSR count). The fourth-order valence-corrected chi connectivity index (χ4v) is 3.98. The van der Waals surface area contributed by atoms with Crippen molar-refractivity contribution in [3.8, 4) is 0 Å². The minimum absolute atomic E-state index is 0.288. The summed E-state index contributed by atoms with van der Waals surface area (Å²) in [6.07, 6.45) is 2.89. The number of hydrazone groups is 1. The van der Waals surface area contributed by atoms with Gasteiger partial charge < -0.3 is 0 Å². The van der Waals surface area contributed by atoms with Crippen LogP contribution in [0.25, 0.3) is 0 Å². The lowest BCUT2D eigenvalue weighted by molar-refractivity contribution is -0.130. The summed E-state index contributed by atoms with van der Waals surface area (Å²) in [6, 6.07) is 12.0. The molecule has 0 N–H and O–H groups in total. The lowest BCUT2D eigenvalue weighted by Gasteiger charge is -2.37. The molecule has 6 heteroatoms. The molecule has 0 saturated heterocycles. The van der Waals surface area contributed by atoms with E-state index in [1.807, 2.05) is 0 Å². The maximum Gasteiger partial charge on any atom is 0.268 e. The molecule has 0 fully saturated rings. The third-order valence-corrected chi connectivity index (χ3v) is 5.22. The van der Waals surface area contributed by atoms with E-state index in [0.29, 0.717) is 21.2 Å². The smallest absolute Gasteiger partial charge is 0.268 e. The highest BCUT2D eigenvalue weighted by Gasteiger charge is 2.61. The molecule has 0 saturated carbocycles. The molecule has 1 heterocycles. The SMILES string of the molecule is CC(C)=CC(=O)N1N=Cc2ccccc2C12C(=O)c1ccc(Br)cc1C2=O. The van der Waals surface area contributed by atoms with Gasteiger partial charge in [0, 0.05) is 32.8 Å². The summed E-state index contributed by atoms with van der Waals surface area (Å²) in [6.45, 7) is 3.55. The average molecular weight is 423 g/mol. The normalized spacial score (nSPS) is 19.9. The Morgan fingerprint density at radius 2 is 1.78 bits per heavy atom. The Hall–Kier alpha value is -2.86. The molecule has 1 aliphatic carbocycles. The molecular weight excluding hydrogens is 408 g/mol. The van der Waals surface area contributed by atoms with Crippen molar-refractivity contribution in [2.45, 2.75) is 19.4 Å². The molecule has 134 valence electrons. The zero-order chi connectivity index (χ0) is 19.3. The van der Waals surface area contributed by atoms with E-state index in [1.54, 1.807) is 56.3 Å². The average Bonchev–Trinajstić information content (AvgIpc) is 2.84. The van der Waals surface area contributed by atoms with Gasteiger partial charge in [-0.1, -0.05) is 45.8 Å². The monoisotopic (exact) mass is 422 g/mol.